The molecule has 0 fully saturated rings. The Morgan fingerprint density at radius 3 is 3.15 bits per heavy atom. The molecule has 1 amide bonds. The zero-order valence-corrected chi connectivity index (χ0v) is 12.9. The zero-order chi connectivity index (χ0) is 14.4. The first-order valence-corrected chi connectivity index (χ1v) is 7.68. The molecule has 5 nitrogen and oxygen atoms in total. The molecule has 0 aromatic carbocycles. The van der Waals surface area contributed by atoms with E-state index < -0.39 is 0 Å². The summed E-state index contributed by atoms with van der Waals surface area (Å²) in [5.41, 5.74) is 1.30. The zero-order valence-electron chi connectivity index (χ0n) is 12.1. The molecule has 1 atom stereocenters. The number of hydrogen-bond donors (Lipinski definition) is 1. The molecule has 20 heavy (non-hydrogen) atoms. The summed E-state index contributed by atoms with van der Waals surface area (Å²) in [7, 11) is 3.29. The van der Waals surface area contributed by atoms with Gasteiger partial charge in [0.05, 0.1) is 19.3 Å². The van der Waals surface area contributed by atoms with Crippen molar-refractivity contribution in [1.82, 2.24) is 10.2 Å². The Labute approximate surface area is 123 Å². The highest BCUT2D eigenvalue weighted by Gasteiger charge is 2.21. The SMILES string of the molecule is COCC(CNCC(=O)N1CCc2sccc2C1)OC. The van der Waals surface area contributed by atoms with Gasteiger partial charge in [-0.05, 0) is 23.4 Å². The fraction of sp³-hybridized carbons (Fsp3) is 0.643. The average molecular weight is 298 g/mol. The number of ether oxygens (including phenoxy) is 2. The smallest absolute Gasteiger partial charge is 0.236 e. The van der Waals surface area contributed by atoms with Crippen LogP contribution in [-0.4, -0.2) is 57.4 Å². The van der Waals surface area contributed by atoms with Crippen molar-refractivity contribution in [1.29, 1.82) is 0 Å². The number of carbonyl (C=O) groups is 1. The van der Waals surface area contributed by atoms with E-state index in [1.54, 1.807) is 25.6 Å². The Morgan fingerprint density at radius 2 is 2.40 bits per heavy atom. The minimum absolute atomic E-state index is 0.0161. The molecule has 0 bridgehead atoms. The van der Waals surface area contributed by atoms with E-state index in [0.717, 1.165) is 19.5 Å². The highest BCUT2D eigenvalue weighted by Crippen LogP contribution is 2.23. The highest BCUT2D eigenvalue weighted by molar-refractivity contribution is 7.10. The first-order chi connectivity index (χ1) is 9.74. The monoisotopic (exact) mass is 298 g/mol. The Bertz CT molecular complexity index is 436. The number of nitrogens with zero attached hydrogens (tertiary/aromatic N) is 1. The number of nitrogens with one attached hydrogen (secondary N) is 1. The third-order valence-corrected chi connectivity index (χ3v) is 4.52. The molecular weight excluding hydrogens is 276 g/mol. The molecule has 1 aliphatic heterocycles. The van der Waals surface area contributed by atoms with Gasteiger partial charge in [0.15, 0.2) is 0 Å². The molecule has 1 aliphatic rings. The second-order valence-corrected chi connectivity index (χ2v) is 5.88. The maximum absolute atomic E-state index is 12.2. The van der Waals surface area contributed by atoms with Gasteiger partial charge in [-0.15, -0.1) is 11.3 Å². The van der Waals surface area contributed by atoms with Gasteiger partial charge in [0.25, 0.3) is 0 Å². The van der Waals surface area contributed by atoms with Crippen LogP contribution in [0.25, 0.3) is 0 Å². The largest absolute Gasteiger partial charge is 0.382 e. The van der Waals surface area contributed by atoms with Crippen molar-refractivity contribution in [3.05, 3.63) is 21.9 Å². The Kier molecular flexibility index (Phi) is 5.97. The van der Waals surface area contributed by atoms with Crippen LogP contribution in [0.3, 0.4) is 0 Å². The van der Waals surface area contributed by atoms with Gasteiger partial charge in [0.1, 0.15) is 0 Å². The topological polar surface area (TPSA) is 50.8 Å². The molecule has 1 aromatic rings. The maximum atomic E-state index is 12.2. The number of amides is 1. The number of carbonyl (C=O) groups excluding carboxylic acids is 1. The van der Waals surface area contributed by atoms with Crippen LogP contribution in [0.2, 0.25) is 0 Å². The molecule has 1 unspecified atom stereocenters. The lowest BCUT2D eigenvalue weighted by atomic mass is 10.1. The predicted octanol–water partition coefficient (Wildman–Crippen LogP) is 0.884. The van der Waals surface area contributed by atoms with Gasteiger partial charge in [-0.3, -0.25) is 4.79 Å². The summed E-state index contributed by atoms with van der Waals surface area (Å²) in [4.78, 5) is 15.5. The van der Waals surface area contributed by atoms with Crippen molar-refractivity contribution >= 4 is 17.2 Å². The van der Waals surface area contributed by atoms with E-state index in [9.17, 15) is 4.79 Å². The third kappa shape index (κ3) is 4.02. The fourth-order valence-corrected chi connectivity index (χ4v) is 3.20. The lowest BCUT2D eigenvalue weighted by Gasteiger charge is -2.27. The van der Waals surface area contributed by atoms with E-state index in [0.29, 0.717) is 19.7 Å². The van der Waals surface area contributed by atoms with Crippen LogP contribution in [0.15, 0.2) is 11.4 Å². The standard InChI is InChI=1S/C14H22N2O3S/c1-18-10-12(19-2)7-15-8-14(17)16-5-3-13-11(9-16)4-6-20-13/h4,6,12,15H,3,5,7-10H2,1-2H3. The molecule has 0 saturated heterocycles. The summed E-state index contributed by atoms with van der Waals surface area (Å²) in [5, 5.41) is 5.24. The van der Waals surface area contributed by atoms with E-state index >= 15 is 0 Å². The van der Waals surface area contributed by atoms with Gasteiger partial charge in [-0.2, -0.15) is 0 Å². The molecule has 1 aromatic heterocycles. The molecule has 0 radical (unpaired) electrons. The molecule has 0 spiro atoms. The summed E-state index contributed by atoms with van der Waals surface area (Å²) in [6, 6.07) is 2.12. The normalized spacial score (nSPS) is 16.0. The van der Waals surface area contributed by atoms with Gasteiger partial charge in [-0.1, -0.05) is 0 Å². The van der Waals surface area contributed by atoms with Crippen molar-refractivity contribution in [3.8, 4) is 0 Å². The summed E-state index contributed by atoms with van der Waals surface area (Å²) in [5.74, 6) is 0.147. The second-order valence-electron chi connectivity index (χ2n) is 4.88. The number of methoxy groups -OCH3 is 2. The predicted molar refractivity (Wildman–Crippen MR) is 79.0 cm³/mol. The van der Waals surface area contributed by atoms with E-state index in [1.807, 2.05) is 4.90 Å². The van der Waals surface area contributed by atoms with Crippen LogP contribution in [0.4, 0.5) is 0 Å². The molecule has 2 heterocycles. The third-order valence-electron chi connectivity index (χ3n) is 3.49. The van der Waals surface area contributed by atoms with Crippen molar-refractivity contribution in [2.24, 2.45) is 0 Å². The summed E-state index contributed by atoms with van der Waals surface area (Å²) in [6.07, 6.45) is 0.959. The van der Waals surface area contributed by atoms with Gasteiger partial charge >= 0.3 is 0 Å². The van der Waals surface area contributed by atoms with Gasteiger partial charge < -0.3 is 19.7 Å². The van der Waals surface area contributed by atoms with Crippen molar-refractivity contribution in [2.45, 2.75) is 19.1 Å². The van der Waals surface area contributed by atoms with Crippen LogP contribution >= 0.6 is 11.3 Å². The van der Waals surface area contributed by atoms with Crippen LogP contribution in [0.1, 0.15) is 10.4 Å². The molecule has 0 saturated carbocycles. The van der Waals surface area contributed by atoms with Gasteiger partial charge in [-0.25, -0.2) is 0 Å². The van der Waals surface area contributed by atoms with Crippen LogP contribution in [0, 0.1) is 0 Å². The number of hydrogen-bond acceptors (Lipinski definition) is 5. The minimum atomic E-state index is -0.0161. The number of thiophene rings is 1. The molecule has 6 heteroatoms. The molecular formula is C14H22N2O3S. The highest BCUT2D eigenvalue weighted by atomic mass is 32.1. The minimum Gasteiger partial charge on any atom is -0.382 e. The Hall–Kier alpha value is -0.950. The van der Waals surface area contributed by atoms with E-state index in [4.69, 9.17) is 9.47 Å². The average Bonchev–Trinajstić information content (AvgIpc) is 2.93. The molecule has 1 N–H and O–H groups in total. The van der Waals surface area contributed by atoms with Crippen LogP contribution < -0.4 is 5.32 Å². The molecule has 0 aliphatic carbocycles. The lowest BCUT2D eigenvalue weighted by Crippen LogP contribution is -2.43. The van der Waals surface area contributed by atoms with E-state index in [2.05, 4.69) is 16.8 Å². The quantitative estimate of drug-likeness (QED) is 0.812. The van der Waals surface area contributed by atoms with Crippen molar-refractivity contribution in [3.63, 3.8) is 0 Å². The second kappa shape index (κ2) is 7.73. The Morgan fingerprint density at radius 1 is 1.55 bits per heavy atom. The maximum Gasteiger partial charge on any atom is 0.236 e. The van der Waals surface area contributed by atoms with E-state index in [1.165, 1.54) is 10.4 Å². The first-order valence-electron chi connectivity index (χ1n) is 6.80. The Balaban J connectivity index is 1.73. The lowest BCUT2D eigenvalue weighted by molar-refractivity contribution is -0.131. The van der Waals surface area contributed by atoms with Crippen LogP contribution in [0.5, 0.6) is 0 Å². The van der Waals surface area contributed by atoms with Gasteiger partial charge in [0.2, 0.25) is 5.91 Å². The van der Waals surface area contributed by atoms with Crippen molar-refractivity contribution < 1.29 is 14.3 Å². The number of rotatable bonds is 7. The number of fused-ring (bicyclic) bond motifs is 1. The van der Waals surface area contributed by atoms with E-state index in [-0.39, 0.29) is 12.0 Å². The van der Waals surface area contributed by atoms with Crippen molar-refractivity contribution in [2.75, 3.05) is 40.5 Å². The fourth-order valence-electron chi connectivity index (χ4n) is 2.31. The van der Waals surface area contributed by atoms with Gasteiger partial charge in [0, 0.05) is 38.7 Å². The summed E-state index contributed by atoms with van der Waals surface area (Å²) >= 11 is 1.79. The summed E-state index contributed by atoms with van der Waals surface area (Å²) < 4.78 is 10.3. The first kappa shape index (κ1) is 15.4. The molecule has 112 valence electrons. The molecule has 2 rings (SSSR count). The summed E-state index contributed by atoms with van der Waals surface area (Å²) in [6.45, 7) is 3.06. The van der Waals surface area contributed by atoms with Crippen LogP contribution in [-0.2, 0) is 27.2 Å².